The number of carbonyl (C=O) groups excluding carboxylic acids is 1. The Kier molecular flexibility index (Phi) is 35.3. The zero-order valence-electron chi connectivity index (χ0n) is 37.8. The molecule has 1 aromatic heterocycles. The van der Waals surface area contributed by atoms with Gasteiger partial charge in [-0.05, 0) is 90.2 Å². The van der Waals surface area contributed by atoms with Gasteiger partial charge < -0.3 is 26.3 Å². The summed E-state index contributed by atoms with van der Waals surface area (Å²) in [6.45, 7) is 27.9. The molecule has 0 aromatic carbocycles. The first-order valence-electron chi connectivity index (χ1n) is 20.7. The Labute approximate surface area is 358 Å². The number of carbonyl (C=O) groups is 1. The molecule has 3 rings (SSSR count). The highest BCUT2D eigenvalue weighted by Crippen LogP contribution is 2.22. The summed E-state index contributed by atoms with van der Waals surface area (Å²) in [6.07, 6.45) is 38.8. The topological polar surface area (TPSA) is 115 Å². The molecule has 0 radical (unpaired) electrons. The van der Waals surface area contributed by atoms with Crippen molar-refractivity contribution >= 4 is 17.2 Å². The average molecular weight is 814 g/mol. The molecule has 10 nitrogen and oxygen atoms in total. The van der Waals surface area contributed by atoms with Gasteiger partial charge in [0.1, 0.15) is 6.67 Å². The summed E-state index contributed by atoms with van der Waals surface area (Å²) in [5.74, 6) is 2.85. The number of halogens is 1. The van der Waals surface area contributed by atoms with Crippen LogP contribution in [0, 0.1) is 32.1 Å². The molecule has 0 spiro atoms. The summed E-state index contributed by atoms with van der Waals surface area (Å²) in [5.41, 5.74) is 13.8. The van der Waals surface area contributed by atoms with Crippen LogP contribution in [-0.4, -0.2) is 108 Å². The molecule has 1 fully saturated rings. The van der Waals surface area contributed by atoms with E-state index in [1.165, 1.54) is 44.2 Å². The second-order valence-electron chi connectivity index (χ2n) is 13.5. The Morgan fingerprint density at radius 1 is 1.10 bits per heavy atom. The highest BCUT2D eigenvalue weighted by Gasteiger charge is 2.23. The zero-order chi connectivity index (χ0) is 44.8. The Hall–Kier alpha value is -5.07. The van der Waals surface area contributed by atoms with Crippen molar-refractivity contribution in [2.45, 2.75) is 93.5 Å². The fourth-order valence-electron chi connectivity index (χ4n) is 5.82. The van der Waals surface area contributed by atoms with Crippen LogP contribution in [0.15, 0.2) is 95.7 Å². The standard InChI is InChI=1S/C18H24N4.C17H27FN4O.C8H19N.C3H4.C2H2/c1-14(2)21-8-10-22(11-9-21)17-6-4-16(5-7-17)18-19-12-15(3)13-20-18;1-4-8-15(10-7-12-18)16(22-20-3)11-6-5-9-14(2)21-17(23)13-19;1-4-7-9(6-3)8-5-2;1-3-2;1-2/h4-6,12-13,17H,1,7-11H2,2-3H3;5-10,20H,4,11-13,19H2,1-3H3,(H,21,23);4-8H2,1-3H3;1H,2H3;1-2H/b;6-5-,10-7-,14-9+,15-8+,22-16+;;;. The molecule has 0 bridgehead atoms. The third-order valence-corrected chi connectivity index (χ3v) is 8.67. The predicted molar refractivity (Wildman–Crippen MR) is 252 cm³/mol. The molecule has 1 atom stereocenters. The summed E-state index contributed by atoms with van der Waals surface area (Å²) in [6, 6.07) is 0.501. The van der Waals surface area contributed by atoms with Crippen LogP contribution >= 0.6 is 0 Å². The van der Waals surface area contributed by atoms with Crippen LogP contribution in [0.25, 0.3) is 5.57 Å². The number of rotatable bonds is 18. The number of alkyl halides is 1. The molecular formula is C48H76FN9O. The minimum Gasteiger partial charge on any atom is -0.373 e. The van der Waals surface area contributed by atoms with Gasteiger partial charge in [-0.15, -0.1) is 25.2 Å². The second-order valence-corrected chi connectivity index (χ2v) is 13.5. The quantitative estimate of drug-likeness (QED) is 0.0592. The Bertz CT molecular complexity index is 1560. The first-order chi connectivity index (χ1) is 28.5. The Balaban J connectivity index is 0. The lowest BCUT2D eigenvalue weighted by atomic mass is 10.0. The third kappa shape index (κ3) is 26.5. The summed E-state index contributed by atoms with van der Waals surface area (Å²) >= 11 is 0. The van der Waals surface area contributed by atoms with Gasteiger partial charge in [-0.1, -0.05) is 82.9 Å². The number of nitrogens with two attached hydrogens (primary N) is 1. The van der Waals surface area contributed by atoms with Crippen molar-refractivity contribution in [3.05, 3.63) is 102 Å². The van der Waals surface area contributed by atoms with Crippen molar-refractivity contribution in [3.8, 4) is 25.2 Å². The number of amides is 1. The minimum atomic E-state index is -0.507. The average Bonchev–Trinajstić information content (AvgIpc) is 3.25. The van der Waals surface area contributed by atoms with E-state index in [4.69, 9.17) is 5.73 Å². The SMILES string of the molecule is C#C.C#CC.C=C(C)N1CCN(C2C=CC(c3ncc(C)cn3)=CC2)CC1.CC/C=C(\C=C/CF)C(/C/C=C\C=C(/C)NC(=O)CN)=N/NC.CCCN(CC)CCC. The second kappa shape index (κ2) is 37.2. The van der Waals surface area contributed by atoms with Crippen LogP contribution in [0.2, 0.25) is 0 Å². The maximum Gasteiger partial charge on any atom is 0.237 e. The molecule has 4 N–H and O–H groups in total. The lowest BCUT2D eigenvalue weighted by Gasteiger charge is -2.39. The highest BCUT2D eigenvalue weighted by molar-refractivity contribution is 6.03. The van der Waals surface area contributed by atoms with Gasteiger partial charge in [0, 0.05) is 75.1 Å². The van der Waals surface area contributed by atoms with Crippen molar-refractivity contribution < 1.29 is 9.18 Å². The van der Waals surface area contributed by atoms with E-state index < -0.39 is 6.67 Å². The molecule has 0 saturated carbocycles. The molecule has 59 heavy (non-hydrogen) atoms. The molecular weight excluding hydrogens is 738 g/mol. The molecule has 1 aliphatic heterocycles. The van der Waals surface area contributed by atoms with Gasteiger partial charge in [0.2, 0.25) is 5.91 Å². The van der Waals surface area contributed by atoms with E-state index in [1.54, 1.807) is 33.0 Å². The number of hydrogen-bond donors (Lipinski definition) is 3. The van der Waals surface area contributed by atoms with Crippen molar-refractivity contribution in [2.24, 2.45) is 10.8 Å². The zero-order valence-corrected chi connectivity index (χ0v) is 37.8. The summed E-state index contributed by atoms with van der Waals surface area (Å²) in [7, 11) is 1.72. The molecule has 1 saturated heterocycles. The fourth-order valence-corrected chi connectivity index (χ4v) is 5.82. The first kappa shape index (κ1) is 56.0. The number of aryl methyl sites for hydroxylation is 1. The molecule has 11 heteroatoms. The van der Waals surface area contributed by atoms with Crippen molar-refractivity contribution in [1.82, 2.24) is 35.4 Å². The molecule has 326 valence electrons. The molecule has 2 heterocycles. The lowest BCUT2D eigenvalue weighted by molar-refractivity contribution is -0.119. The molecule has 1 aromatic rings. The Morgan fingerprint density at radius 3 is 2.17 bits per heavy atom. The number of hydrazone groups is 1. The van der Waals surface area contributed by atoms with Crippen molar-refractivity contribution in [1.29, 1.82) is 0 Å². The normalized spacial score (nSPS) is 15.6. The van der Waals surface area contributed by atoms with Gasteiger partial charge in [0.25, 0.3) is 0 Å². The van der Waals surface area contributed by atoms with Gasteiger partial charge in [-0.25, -0.2) is 14.4 Å². The number of nitrogens with one attached hydrogen (secondary N) is 2. The van der Waals surface area contributed by atoms with Crippen molar-refractivity contribution in [2.75, 3.05) is 66.1 Å². The fraction of sp³-hybridized carbons (Fsp3) is 0.500. The minimum absolute atomic E-state index is 0.0417. The van der Waals surface area contributed by atoms with Crippen LogP contribution in [-0.2, 0) is 4.79 Å². The van der Waals surface area contributed by atoms with Crippen LogP contribution in [0.3, 0.4) is 0 Å². The van der Waals surface area contributed by atoms with E-state index in [9.17, 15) is 9.18 Å². The largest absolute Gasteiger partial charge is 0.373 e. The van der Waals surface area contributed by atoms with Gasteiger partial charge in [-0.3, -0.25) is 9.69 Å². The lowest BCUT2D eigenvalue weighted by Crippen LogP contribution is -2.49. The molecule has 1 unspecified atom stereocenters. The predicted octanol–water partition coefficient (Wildman–Crippen LogP) is 8.01. The summed E-state index contributed by atoms with van der Waals surface area (Å²) < 4.78 is 12.3. The Morgan fingerprint density at radius 2 is 1.71 bits per heavy atom. The number of terminal acetylenes is 2. The highest BCUT2D eigenvalue weighted by atomic mass is 19.1. The van der Waals surface area contributed by atoms with E-state index in [0.29, 0.717) is 18.2 Å². The van der Waals surface area contributed by atoms with Crippen LogP contribution in [0.1, 0.15) is 92.0 Å². The van der Waals surface area contributed by atoms with E-state index in [0.717, 1.165) is 67.3 Å². The van der Waals surface area contributed by atoms with Crippen LogP contribution < -0.4 is 16.5 Å². The van der Waals surface area contributed by atoms with Gasteiger partial charge in [0.15, 0.2) is 5.82 Å². The summed E-state index contributed by atoms with van der Waals surface area (Å²) in [5, 5.41) is 6.89. The molecule has 1 amide bonds. The number of allylic oxidation sites excluding steroid dienone is 11. The van der Waals surface area contributed by atoms with Gasteiger partial charge in [0.05, 0.1) is 12.3 Å². The van der Waals surface area contributed by atoms with E-state index in [-0.39, 0.29) is 12.5 Å². The van der Waals surface area contributed by atoms with E-state index in [1.807, 2.05) is 44.5 Å². The van der Waals surface area contributed by atoms with Gasteiger partial charge >= 0.3 is 0 Å². The van der Waals surface area contributed by atoms with Crippen molar-refractivity contribution in [3.63, 3.8) is 0 Å². The van der Waals surface area contributed by atoms with Crippen LogP contribution in [0.5, 0.6) is 0 Å². The van der Waals surface area contributed by atoms with E-state index >= 15 is 0 Å². The summed E-state index contributed by atoms with van der Waals surface area (Å²) in [4.78, 5) is 27.4. The van der Waals surface area contributed by atoms with E-state index in [2.05, 4.69) is 118 Å². The smallest absolute Gasteiger partial charge is 0.237 e. The molecule has 2 aliphatic rings. The van der Waals surface area contributed by atoms with Gasteiger partial charge in [-0.2, -0.15) is 5.10 Å². The number of hydrogen-bond acceptors (Lipinski definition) is 9. The number of nitrogens with zero attached hydrogens (tertiary/aromatic N) is 6. The maximum absolute atomic E-state index is 12.3. The van der Waals surface area contributed by atoms with Crippen LogP contribution in [0.4, 0.5) is 4.39 Å². The maximum atomic E-state index is 12.3. The number of aromatic nitrogens is 2. The molecule has 1 aliphatic carbocycles. The first-order valence-corrected chi connectivity index (χ1v) is 20.7. The third-order valence-electron chi connectivity index (χ3n) is 8.67. The monoisotopic (exact) mass is 814 g/mol. The number of piperazine rings is 1.